The Morgan fingerprint density at radius 2 is 0.554 bits per heavy atom. The lowest BCUT2D eigenvalue weighted by molar-refractivity contribution is -0.167. The van der Waals surface area contributed by atoms with Crippen molar-refractivity contribution >= 4 is 17.9 Å². The second-order valence-corrected chi connectivity index (χ2v) is 19.6. The van der Waals surface area contributed by atoms with Crippen LogP contribution in [0, 0.1) is 0 Å². The molecular formula is C59H110O6. The summed E-state index contributed by atoms with van der Waals surface area (Å²) >= 11 is 0. The van der Waals surface area contributed by atoms with Crippen LogP contribution in [0.3, 0.4) is 0 Å². The highest BCUT2D eigenvalue weighted by Gasteiger charge is 2.19. The summed E-state index contributed by atoms with van der Waals surface area (Å²) in [5.41, 5.74) is 0. The maximum atomic E-state index is 12.8. The summed E-state index contributed by atoms with van der Waals surface area (Å²) in [6.07, 6.45) is 63.0. The van der Waals surface area contributed by atoms with Crippen molar-refractivity contribution in [3.8, 4) is 0 Å². The van der Waals surface area contributed by atoms with Gasteiger partial charge in [0, 0.05) is 19.3 Å². The van der Waals surface area contributed by atoms with Crippen molar-refractivity contribution < 1.29 is 28.6 Å². The molecule has 0 saturated heterocycles. The number of allylic oxidation sites excluding steroid dienone is 4. The summed E-state index contributed by atoms with van der Waals surface area (Å²) in [5, 5.41) is 0. The number of hydrogen-bond donors (Lipinski definition) is 0. The number of esters is 3. The smallest absolute Gasteiger partial charge is 0.306 e. The molecule has 1 atom stereocenters. The number of unbranched alkanes of at least 4 members (excludes halogenated alkanes) is 38. The highest BCUT2D eigenvalue weighted by Crippen LogP contribution is 2.17. The minimum absolute atomic E-state index is 0.0680. The topological polar surface area (TPSA) is 78.9 Å². The van der Waals surface area contributed by atoms with E-state index >= 15 is 0 Å². The molecule has 0 aliphatic carbocycles. The molecule has 6 heteroatoms. The van der Waals surface area contributed by atoms with E-state index in [1.165, 1.54) is 205 Å². The average molecular weight is 916 g/mol. The van der Waals surface area contributed by atoms with Crippen LogP contribution in [-0.2, 0) is 28.6 Å². The van der Waals surface area contributed by atoms with Gasteiger partial charge in [-0.3, -0.25) is 14.4 Å². The van der Waals surface area contributed by atoms with E-state index in [-0.39, 0.29) is 31.1 Å². The Bertz CT molecular complexity index is 1050. The number of rotatable bonds is 53. The first-order chi connectivity index (χ1) is 32.0. The fourth-order valence-corrected chi connectivity index (χ4v) is 8.59. The van der Waals surface area contributed by atoms with E-state index in [0.29, 0.717) is 19.3 Å². The molecule has 6 nitrogen and oxygen atoms in total. The summed E-state index contributed by atoms with van der Waals surface area (Å²) in [6.45, 7) is 6.66. The minimum atomic E-state index is -0.769. The van der Waals surface area contributed by atoms with Crippen LogP contribution in [0.2, 0.25) is 0 Å². The van der Waals surface area contributed by atoms with Crippen LogP contribution in [0.25, 0.3) is 0 Å². The van der Waals surface area contributed by atoms with E-state index in [2.05, 4.69) is 45.1 Å². The molecule has 0 aliphatic rings. The quantitative estimate of drug-likeness (QED) is 0.0262. The third-order valence-electron chi connectivity index (χ3n) is 13.0. The molecule has 0 heterocycles. The lowest BCUT2D eigenvalue weighted by atomic mass is 10.0. The van der Waals surface area contributed by atoms with Gasteiger partial charge < -0.3 is 14.2 Å². The molecule has 0 radical (unpaired) electrons. The van der Waals surface area contributed by atoms with Gasteiger partial charge in [-0.15, -0.1) is 0 Å². The number of ether oxygens (including phenoxy) is 3. The van der Waals surface area contributed by atoms with Crippen LogP contribution < -0.4 is 0 Å². The summed E-state index contributed by atoms with van der Waals surface area (Å²) in [7, 11) is 0. The van der Waals surface area contributed by atoms with Crippen molar-refractivity contribution in [1.82, 2.24) is 0 Å². The van der Waals surface area contributed by atoms with Crippen LogP contribution in [-0.4, -0.2) is 37.2 Å². The van der Waals surface area contributed by atoms with E-state index in [9.17, 15) is 14.4 Å². The van der Waals surface area contributed by atoms with Crippen LogP contribution in [0.5, 0.6) is 0 Å². The Balaban J connectivity index is 4.33. The van der Waals surface area contributed by atoms with Crippen LogP contribution in [0.15, 0.2) is 24.3 Å². The molecule has 0 aliphatic heterocycles. The van der Waals surface area contributed by atoms with Crippen molar-refractivity contribution in [3.63, 3.8) is 0 Å². The van der Waals surface area contributed by atoms with Crippen molar-refractivity contribution in [3.05, 3.63) is 24.3 Å². The van der Waals surface area contributed by atoms with Gasteiger partial charge in [-0.2, -0.15) is 0 Å². The van der Waals surface area contributed by atoms with Gasteiger partial charge in [0.2, 0.25) is 0 Å². The van der Waals surface area contributed by atoms with Gasteiger partial charge in [0.15, 0.2) is 6.10 Å². The second kappa shape index (κ2) is 54.5. The second-order valence-electron chi connectivity index (χ2n) is 19.6. The molecule has 382 valence electrons. The standard InChI is InChI=1S/C59H110O6/c1-4-7-10-13-16-19-22-25-28-29-32-34-37-40-43-46-49-52-58(61)64-55-56(65-59(62)53-50-47-44-41-38-35-31-27-24-21-18-15-12-9-6-3)54-63-57(60)51-48-45-42-39-36-33-30-26-23-20-17-14-11-8-5-2/h16,19,25,28,56H,4-15,17-18,20-24,26-27,29-55H2,1-3H3/b19-16+,28-25+/t56-/m1/s1. The van der Waals surface area contributed by atoms with Gasteiger partial charge >= 0.3 is 17.9 Å². The Kier molecular flexibility index (Phi) is 52.7. The number of carbonyl (C=O) groups is 3. The zero-order chi connectivity index (χ0) is 47.2. The van der Waals surface area contributed by atoms with E-state index < -0.39 is 6.10 Å². The van der Waals surface area contributed by atoms with Gasteiger partial charge in [-0.25, -0.2) is 0 Å². The molecule has 0 amide bonds. The van der Waals surface area contributed by atoms with Crippen LogP contribution in [0.1, 0.15) is 316 Å². The normalized spacial score (nSPS) is 12.1. The third-order valence-corrected chi connectivity index (χ3v) is 13.0. The zero-order valence-corrected chi connectivity index (χ0v) is 43.8. The third kappa shape index (κ3) is 52.7. The van der Waals surface area contributed by atoms with Crippen LogP contribution >= 0.6 is 0 Å². The summed E-state index contributed by atoms with van der Waals surface area (Å²) in [6, 6.07) is 0. The van der Waals surface area contributed by atoms with Crippen molar-refractivity contribution in [1.29, 1.82) is 0 Å². The molecule has 0 bridgehead atoms. The van der Waals surface area contributed by atoms with Gasteiger partial charge in [0.05, 0.1) is 0 Å². The maximum Gasteiger partial charge on any atom is 0.306 e. The maximum absolute atomic E-state index is 12.8. The first kappa shape index (κ1) is 62.9. The minimum Gasteiger partial charge on any atom is -0.462 e. The highest BCUT2D eigenvalue weighted by atomic mass is 16.6. The predicted octanol–water partition coefficient (Wildman–Crippen LogP) is 19.1. The Morgan fingerprint density at radius 3 is 0.877 bits per heavy atom. The average Bonchev–Trinajstić information content (AvgIpc) is 3.30. The monoisotopic (exact) mass is 915 g/mol. The van der Waals surface area contributed by atoms with E-state index in [4.69, 9.17) is 14.2 Å². The number of carbonyl (C=O) groups excluding carboxylic acids is 3. The molecule has 0 saturated carbocycles. The molecule has 0 unspecified atom stereocenters. The molecule has 0 aromatic carbocycles. The highest BCUT2D eigenvalue weighted by molar-refractivity contribution is 5.71. The summed E-state index contributed by atoms with van der Waals surface area (Å²) < 4.78 is 16.9. The zero-order valence-electron chi connectivity index (χ0n) is 43.8. The van der Waals surface area contributed by atoms with Crippen molar-refractivity contribution in [2.75, 3.05) is 13.2 Å². The van der Waals surface area contributed by atoms with Gasteiger partial charge in [-0.05, 0) is 51.4 Å². The predicted molar refractivity (Wildman–Crippen MR) is 279 cm³/mol. The first-order valence-corrected chi connectivity index (χ1v) is 28.8. The van der Waals surface area contributed by atoms with E-state index in [1.54, 1.807) is 0 Å². The number of hydrogen-bond acceptors (Lipinski definition) is 6. The fraction of sp³-hybridized carbons (Fsp3) is 0.881. The molecular weight excluding hydrogens is 805 g/mol. The SMILES string of the molecule is CCCCC/C=C/C/C=C/CCCCCCCCCC(=O)OC[C@@H](COC(=O)CCCCCCCCCCCCCCCCC)OC(=O)CCCCCCCCCCCCCCCCC. The van der Waals surface area contributed by atoms with Crippen molar-refractivity contribution in [2.45, 2.75) is 322 Å². The molecule has 0 rings (SSSR count). The summed E-state index contributed by atoms with van der Waals surface area (Å²) in [5.74, 6) is -0.854. The first-order valence-electron chi connectivity index (χ1n) is 28.8. The van der Waals surface area contributed by atoms with Crippen LogP contribution in [0.4, 0.5) is 0 Å². The molecule has 0 aromatic rings. The molecule has 65 heavy (non-hydrogen) atoms. The molecule has 0 N–H and O–H groups in total. The largest absolute Gasteiger partial charge is 0.462 e. The summed E-state index contributed by atoms with van der Waals surface area (Å²) in [4.78, 5) is 38.1. The van der Waals surface area contributed by atoms with E-state index in [0.717, 1.165) is 70.6 Å². The van der Waals surface area contributed by atoms with E-state index in [1.807, 2.05) is 0 Å². The Labute approximate surface area is 404 Å². The van der Waals surface area contributed by atoms with Gasteiger partial charge in [0.1, 0.15) is 13.2 Å². The van der Waals surface area contributed by atoms with Gasteiger partial charge in [0.25, 0.3) is 0 Å². The van der Waals surface area contributed by atoms with Gasteiger partial charge in [-0.1, -0.05) is 270 Å². The lowest BCUT2D eigenvalue weighted by Gasteiger charge is -2.18. The van der Waals surface area contributed by atoms with Crippen molar-refractivity contribution in [2.24, 2.45) is 0 Å². The Morgan fingerprint density at radius 1 is 0.308 bits per heavy atom. The molecule has 0 spiro atoms. The molecule has 0 fully saturated rings. The molecule has 0 aromatic heterocycles. The fourth-order valence-electron chi connectivity index (χ4n) is 8.59. The lowest BCUT2D eigenvalue weighted by Crippen LogP contribution is -2.30. The Hall–Kier alpha value is -2.11.